The number of nitrogens with zero attached hydrogens (tertiary/aromatic N) is 3. The van der Waals surface area contributed by atoms with Crippen LogP contribution in [0.1, 0.15) is 24.2 Å². The molecule has 0 fully saturated rings. The summed E-state index contributed by atoms with van der Waals surface area (Å²) in [5, 5.41) is 6.49. The molecule has 0 saturated carbocycles. The van der Waals surface area contributed by atoms with Gasteiger partial charge >= 0.3 is 6.01 Å². The van der Waals surface area contributed by atoms with E-state index in [2.05, 4.69) is 25.8 Å². The molecule has 0 saturated heterocycles. The standard InChI is InChI=1S/C17H17N5O3/c1-10-9-11(2)19-17(18-10)25-13-5-3-12(4-6-13)20-16(24)14-7-8-15(23)22-21-14/h3-6,9H,7-8H2,1-2H3,(H,20,24)(H,22,23). The Morgan fingerprint density at radius 3 is 2.40 bits per heavy atom. The molecule has 0 radical (unpaired) electrons. The quantitative estimate of drug-likeness (QED) is 0.887. The number of hydrogen-bond donors (Lipinski definition) is 2. The molecule has 8 nitrogen and oxygen atoms in total. The molecule has 2 aromatic rings. The van der Waals surface area contributed by atoms with Gasteiger partial charge in [0.25, 0.3) is 5.91 Å². The van der Waals surface area contributed by atoms with E-state index in [-0.39, 0.29) is 24.2 Å². The lowest BCUT2D eigenvalue weighted by atomic mass is 10.1. The number of benzene rings is 1. The second kappa shape index (κ2) is 7.08. The molecule has 3 rings (SSSR count). The summed E-state index contributed by atoms with van der Waals surface area (Å²) in [6.45, 7) is 3.74. The minimum absolute atomic E-state index is 0.188. The molecule has 1 aliphatic heterocycles. The van der Waals surface area contributed by atoms with Crippen molar-refractivity contribution in [1.82, 2.24) is 15.4 Å². The fourth-order valence-electron chi connectivity index (χ4n) is 2.29. The van der Waals surface area contributed by atoms with Gasteiger partial charge in [0, 0.05) is 29.9 Å². The average Bonchev–Trinajstić information content (AvgIpc) is 2.56. The molecule has 0 unspecified atom stereocenters. The maximum absolute atomic E-state index is 12.1. The Hall–Kier alpha value is -3.29. The monoisotopic (exact) mass is 339 g/mol. The van der Waals surface area contributed by atoms with Crippen LogP contribution in [0.2, 0.25) is 0 Å². The van der Waals surface area contributed by atoms with E-state index in [1.807, 2.05) is 19.9 Å². The van der Waals surface area contributed by atoms with Crippen LogP contribution in [0.25, 0.3) is 0 Å². The van der Waals surface area contributed by atoms with Crippen molar-refractivity contribution in [2.45, 2.75) is 26.7 Å². The van der Waals surface area contributed by atoms with Crippen molar-refractivity contribution in [2.24, 2.45) is 5.10 Å². The summed E-state index contributed by atoms with van der Waals surface area (Å²) in [4.78, 5) is 31.6. The third kappa shape index (κ3) is 4.37. The number of carbonyl (C=O) groups excluding carboxylic acids is 2. The number of aryl methyl sites for hydroxylation is 2. The first-order valence-electron chi connectivity index (χ1n) is 7.76. The number of hydrogen-bond acceptors (Lipinski definition) is 6. The Kier molecular flexibility index (Phi) is 4.69. The average molecular weight is 339 g/mol. The summed E-state index contributed by atoms with van der Waals surface area (Å²) in [5.41, 5.74) is 4.84. The largest absolute Gasteiger partial charge is 0.424 e. The zero-order valence-corrected chi connectivity index (χ0v) is 13.9. The van der Waals surface area contributed by atoms with E-state index in [9.17, 15) is 9.59 Å². The molecule has 2 amide bonds. The highest BCUT2D eigenvalue weighted by Gasteiger charge is 2.18. The SMILES string of the molecule is Cc1cc(C)nc(Oc2ccc(NC(=O)C3=NNC(=O)CC3)cc2)n1. The topological polar surface area (TPSA) is 106 Å². The lowest BCUT2D eigenvalue weighted by molar-refractivity contribution is -0.121. The van der Waals surface area contributed by atoms with E-state index in [4.69, 9.17) is 4.74 Å². The van der Waals surface area contributed by atoms with Crippen molar-refractivity contribution < 1.29 is 14.3 Å². The van der Waals surface area contributed by atoms with E-state index in [1.165, 1.54) is 0 Å². The van der Waals surface area contributed by atoms with E-state index in [0.29, 0.717) is 23.6 Å². The van der Waals surface area contributed by atoms with Gasteiger partial charge in [-0.15, -0.1) is 0 Å². The van der Waals surface area contributed by atoms with Crippen LogP contribution in [0.5, 0.6) is 11.8 Å². The van der Waals surface area contributed by atoms with Crippen LogP contribution < -0.4 is 15.5 Å². The van der Waals surface area contributed by atoms with E-state index in [1.54, 1.807) is 24.3 Å². The summed E-state index contributed by atoms with van der Waals surface area (Å²) in [5.74, 6) is 0.0308. The van der Waals surface area contributed by atoms with E-state index in [0.717, 1.165) is 11.4 Å². The van der Waals surface area contributed by atoms with Crippen LogP contribution >= 0.6 is 0 Å². The second-order valence-corrected chi connectivity index (χ2v) is 5.61. The van der Waals surface area contributed by atoms with Crippen molar-refractivity contribution in [2.75, 3.05) is 5.32 Å². The van der Waals surface area contributed by atoms with Crippen molar-refractivity contribution in [1.29, 1.82) is 0 Å². The van der Waals surface area contributed by atoms with Gasteiger partial charge in [0.2, 0.25) is 5.91 Å². The number of anilines is 1. The van der Waals surface area contributed by atoms with E-state index < -0.39 is 0 Å². The van der Waals surface area contributed by atoms with Gasteiger partial charge in [-0.2, -0.15) is 5.10 Å². The Morgan fingerprint density at radius 2 is 1.80 bits per heavy atom. The Labute approximate surface area is 144 Å². The van der Waals surface area contributed by atoms with Crippen molar-refractivity contribution in [3.05, 3.63) is 41.7 Å². The molecule has 1 aromatic carbocycles. The maximum Gasteiger partial charge on any atom is 0.322 e. The van der Waals surface area contributed by atoms with Gasteiger partial charge in [-0.25, -0.2) is 15.4 Å². The van der Waals surface area contributed by atoms with Gasteiger partial charge in [0.15, 0.2) is 0 Å². The van der Waals surface area contributed by atoms with Gasteiger partial charge in [-0.1, -0.05) is 0 Å². The molecular weight excluding hydrogens is 322 g/mol. The van der Waals surface area contributed by atoms with Crippen LogP contribution in [0.3, 0.4) is 0 Å². The van der Waals surface area contributed by atoms with Crippen LogP contribution in [0.4, 0.5) is 5.69 Å². The number of aromatic nitrogens is 2. The molecular formula is C17H17N5O3. The van der Waals surface area contributed by atoms with Gasteiger partial charge in [-0.05, 0) is 44.2 Å². The minimum atomic E-state index is -0.341. The Balaban J connectivity index is 1.64. The normalized spacial score (nSPS) is 13.7. The molecule has 0 bridgehead atoms. The number of carbonyl (C=O) groups is 2. The lowest BCUT2D eigenvalue weighted by Gasteiger charge is -2.12. The van der Waals surface area contributed by atoms with Crippen LogP contribution in [0, 0.1) is 13.8 Å². The smallest absolute Gasteiger partial charge is 0.322 e. The van der Waals surface area contributed by atoms with Crippen LogP contribution in [-0.4, -0.2) is 27.5 Å². The molecule has 0 atom stereocenters. The fourth-order valence-corrected chi connectivity index (χ4v) is 2.29. The van der Waals surface area contributed by atoms with Crippen LogP contribution in [0.15, 0.2) is 35.4 Å². The van der Waals surface area contributed by atoms with Crippen LogP contribution in [-0.2, 0) is 9.59 Å². The summed E-state index contributed by atoms with van der Waals surface area (Å²) in [7, 11) is 0. The van der Waals surface area contributed by atoms with Gasteiger partial charge in [0.05, 0.1) is 0 Å². The summed E-state index contributed by atoms with van der Waals surface area (Å²) in [6.07, 6.45) is 0.581. The number of ether oxygens (including phenoxy) is 1. The third-order valence-electron chi connectivity index (χ3n) is 3.45. The van der Waals surface area contributed by atoms with Gasteiger partial charge in [-0.3, -0.25) is 9.59 Å². The molecule has 1 aromatic heterocycles. The molecule has 8 heteroatoms. The summed E-state index contributed by atoms with van der Waals surface area (Å²) < 4.78 is 5.62. The zero-order valence-electron chi connectivity index (χ0n) is 13.9. The highest BCUT2D eigenvalue weighted by atomic mass is 16.5. The number of amides is 2. The van der Waals surface area contributed by atoms with Gasteiger partial charge < -0.3 is 10.1 Å². The van der Waals surface area contributed by atoms with Crippen molar-refractivity contribution >= 4 is 23.2 Å². The van der Waals surface area contributed by atoms with Crippen molar-refractivity contribution in [3.8, 4) is 11.8 Å². The Bertz CT molecular complexity index is 826. The molecule has 2 N–H and O–H groups in total. The summed E-state index contributed by atoms with van der Waals surface area (Å²) >= 11 is 0. The predicted molar refractivity (Wildman–Crippen MR) is 91.5 cm³/mol. The number of rotatable bonds is 4. The molecule has 0 aliphatic carbocycles. The van der Waals surface area contributed by atoms with Crippen molar-refractivity contribution in [3.63, 3.8) is 0 Å². The molecule has 25 heavy (non-hydrogen) atoms. The zero-order chi connectivity index (χ0) is 17.8. The summed E-state index contributed by atoms with van der Waals surface area (Å²) in [6, 6.07) is 8.97. The number of nitrogens with one attached hydrogen (secondary N) is 2. The Morgan fingerprint density at radius 1 is 1.12 bits per heavy atom. The molecule has 128 valence electrons. The minimum Gasteiger partial charge on any atom is -0.424 e. The fraction of sp³-hybridized carbons (Fsp3) is 0.235. The first-order valence-corrected chi connectivity index (χ1v) is 7.76. The third-order valence-corrected chi connectivity index (χ3v) is 3.45. The van der Waals surface area contributed by atoms with E-state index >= 15 is 0 Å². The van der Waals surface area contributed by atoms with Gasteiger partial charge in [0.1, 0.15) is 11.5 Å². The lowest BCUT2D eigenvalue weighted by Crippen LogP contribution is -2.32. The first-order chi connectivity index (χ1) is 12.0. The predicted octanol–water partition coefficient (Wildman–Crippen LogP) is 2.09. The maximum atomic E-state index is 12.1. The number of hydrazone groups is 1. The first kappa shape index (κ1) is 16.6. The molecule has 1 aliphatic rings. The molecule has 2 heterocycles. The molecule has 0 spiro atoms. The second-order valence-electron chi connectivity index (χ2n) is 5.61. The highest BCUT2D eigenvalue weighted by Crippen LogP contribution is 2.21. The highest BCUT2D eigenvalue weighted by molar-refractivity contribution is 6.43.